The first kappa shape index (κ1) is 19.5. The molecule has 1 aliphatic heterocycles. The van der Waals surface area contributed by atoms with Crippen molar-refractivity contribution in [1.82, 2.24) is 10.2 Å². The maximum Gasteiger partial charge on any atom is 0.193 e. The number of aliphatic imine (C=N–C) groups is 1. The Kier molecular flexibility index (Phi) is 9.86. The van der Waals surface area contributed by atoms with E-state index in [0.29, 0.717) is 5.75 Å². The summed E-state index contributed by atoms with van der Waals surface area (Å²) in [5.74, 6) is 2.54. The molecule has 124 valence electrons. The Hall–Kier alpha value is -0.500. The van der Waals surface area contributed by atoms with E-state index >= 15 is 0 Å². The highest BCUT2D eigenvalue weighted by atomic mass is 127. The van der Waals surface area contributed by atoms with Crippen molar-refractivity contribution in [1.29, 1.82) is 0 Å². The van der Waals surface area contributed by atoms with Gasteiger partial charge in [-0.05, 0) is 31.4 Å². The Bertz CT molecular complexity index is 464. The van der Waals surface area contributed by atoms with Crippen molar-refractivity contribution in [2.75, 3.05) is 31.9 Å². The highest BCUT2D eigenvalue weighted by molar-refractivity contribution is 14.0. The number of thioether (sulfide) groups is 1. The van der Waals surface area contributed by atoms with E-state index in [-0.39, 0.29) is 29.8 Å². The van der Waals surface area contributed by atoms with Gasteiger partial charge >= 0.3 is 0 Å². The standard InChI is InChI=1S/C16H24FN3S.HI/c1-2-18-16(20-10-5-6-11-20)19-9-12-21-13-14-7-3-4-8-15(14)17;/h3-4,7-8H,2,5-6,9-13H2,1H3,(H,18,19);1H. The number of likely N-dealkylation sites (tertiary alicyclic amines) is 1. The van der Waals surface area contributed by atoms with Gasteiger partial charge in [-0.25, -0.2) is 4.39 Å². The SMILES string of the molecule is CCNC(=NCCSCc1ccccc1F)N1CCCC1.I. The first-order valence-electron chi connectivity index (χ1n) is 7.65. The van der Waals surface area contributed by atoms with E-state index in [1.54, 1.807) is 17.8 Å². The predicted molar refractivity (Wildman–Crippen MR) is 105 cm³/mol. The minimum Gasteiger partial charge on any atom is -0.357 e. The van der Waals surface area contributed by atoms with E-state index in [2.05, 4.69) is 22.1 Å². The molecule has 1 fully saturated rings. The van der Waals surface area contributed by atoms with Crippen LogP contribution in [0.3, 0.4) is 0 Å². The smallest absolute Gasteiger partial charge is 0.193 e. The highest BCUT2D eigenvalue weighted by Gasteiger charge is 2.15. The molecule has 0 bridgehead atoms. The van der Waals surface area contributed by atoms with E-state index < -0.39 is 0 Å². The van der Waals surface area contributed by atoms with E-state index in [1.165, 1.54) is 18.9 Å². The van der Waals surface area contributed by atoms with Crippen LogP contribution in [0.1, 0.15) is 25.3 Å². The average Bonchev–Trinajstić information content (AvgIpc) is 3.02. The van der Waals surface area contributed by atoms with Gasteiger partial charge in [-0.2, -0.15) is 11.8 Å². The normalized spacial score (nSPS) is 14.8. The molecule has 0 amide bonds. The summed E-state index contributed by atoms with van der Waals surface area (Å²) in [6, 6.07) is 6.98. The largest absolute Gasteiger partial charge is 0.357 e. The first-order chi connectivity index (χ1) is 10.3. The first-order valence-corrected chi connectivity index (χ1v) is 8.81. The molecule has 0 unspecified atom stereocenters. The maximum atomic E-state index is 13.5. The van der Waals surface area contributed by atoms with Crippen LogP contribution < -0.4 is 5.32 Å². The summed E-state index contributed by atoms with van der Waals surface area (Å²) in [6.45, 7) is 5.98. The summed E-state index contributed by atoms with van der Waals surface area (Å²) in [6.07, 6.45) is 2.51. The van der Waals surface area contributed by atoms with Crippen molar-refractivity contribution in [2.45, 2.75) is 25.5 Å². The van der Waals surface area contributed by atoms with Crippen LogP contribution in [-0.4, -0.2) is 42.8 Å². The molecule has 0 spiro atoms. The van der Waals surface area contributed by atoms with Gasteiger partial charge in [0.05, 0.1) is 6.54 Å². The summed E-state index contributed by atoms with van der Waals surface area (Å²) in [7, 11) is 0. The van der Waals surface area contributed by atoms with Crippen LogP contribution in [0.5, 0.6) is 0 Å². The van der Waals surface area contributed by atoms with Crippen LogP contribution in [0, 0.1) is 5.82 Å². The molecule has 22 heavy (non-hydrogen) atoms. The Morgan fingerprint density at radius 3 is 2.73 bits per heavy atom. The fraction of sp³-hybridized carbons (Fsp3) is 0.562. The number of rotatable bonds is 6. The molecule has 3 nitrogen and oxygen atoms in total. The summed E-state index contributed by atoms with van der Waals surface area (Å²) in [5, 5.41) is 3.35. The van der Waals surface area contributed by atoms with Crippen LogP contribution in [0.15, 0.2) is 29.3 Å². The highest BCUT2D eigenvalue weighted by Crippen LogP contribution is 2.15. The molecule has 6 heteroatoms. The van der Waals surface area contributed by atoms with Crippen LogP contribution in [0.25, 0.3) is 0 Å². The van der Waals surface area contributed by atoms with E-state index in [9.17, 15) is 4.39 Å². The molecular weight excluding hydrogens is 412 g/mol. The molecule has 0 aromatic heterocycles. The summed E-state index contributed by atoms with van der Waals surface area (Å²) >= 11 is 1.73. The maximum absolute atomic E-state index is 13.5. The molecule has 0 aliphatic carbocycles. The summed E-state index contributed by atoms with van der Waals surface area (Å²) < 4.78 is 13.5. The van der Waals surface area contributed by atoms with Crippen LogP contribution in [0.4, 0.5) is 4.39 Å². The molecule has 0 atom stereocenters. The number of benzene rings is 1. The van der Waals surface area contributed by atoms with Gasteiger partial charge in [0, 0.05) is 31.1 Å². The lowest BCUT2D eigenvalue weighted by Crippen LogP contribution is -2.39. The monoisotopic (exact) mass is 437 g/mol. The fourth-order valence-electron chi connectivity index (χ4n) is 2.37. The molecule has 1 saturated heterocycles. The van der Waals surface area contributed by atoms with Crippen LogP contribution in [0.2, 0.25) is 0 Å². The van der Waals surface area contributed by atoms with Gasteiger partial charge in [-0.3, -0.25) is 4.99 Å². The predicted octanol–water partition coefficient (Wildman–Crippen LogP) is 3.74. The molecule has 1 heterocycles. The van der Waals surface area contributed by atoms with Gasteiger partial charge in [0.15, 0.2) is 5.96 Å². The number of nitrogens with zero attached hydrogens (tertiary/aromatic N) is 2. The lowest BCUT2D eigenvalue weighted by molar-refractivity contribution is 0.494. The third-order valence-electron chi connectivity index (χ3n) is 3.45. The molecule has 1 aliphatic rings. The number of halogens is 2. The Balaban J connectivity index is 0.00000242. The number of hydrogen-bond donors (Lipinski definition) is 1. The van der Waals surface area contributed by atoms with Gasteiger partial charge in [0.1, 0.15) is 5.82 Å². The van der Waals surface area contributed by atoms with Gasteiger partial charge in [-0.1, -0.05) is 18.2 Å². The number of hydrogen-bond acceptors (Lipinski definition) is 2. The fourth-order valence-corrected chi connectivity index (χ4v) is 3.19. The second kappa shape index (κ2) is 11.1. The third kappa shape index (κ3) is 6.32. The van der Waals surface area contributed by atoms with Crippen LogP contribution in [-0.2, 0) is 5.75 Å². The number of guanidine groups is 1. The molecular formula is C16H25FIN3S. The molecule has 0 saturated carbocycles. The molecule has 1 N–H and O–H groups in total. The van der Waals surface area contributed by atoms with E-state index in [1.807, 2.05) is 12.1 Å². The second-order valence-electron chi connectivity index (χ2n) is 5.07. The quantitative estimate of drug-likeness (QED) is 0.318. The third-order valence-corrected chi connectivity index (χ3v) is 4.44. The van der Waals surface area contributed by atoms with Crippen molar-refractivity contribution in [3.63, 3.8) is 0 Å². The zero-order valence-corrected chi connectivity index (χ0v) is 16.2. The molecule has 2 rings (SSSR count). The Morgan fingerprint density at radius 2 is 2.05 bits per heavy atom. The van der Waals surface area contributed by atoms with Crippen molar-refractivity contribution >= 4 is 41.7 Å². The lowest BCUT2D eigenvalue weighted by atomic mass is 10.2. The molecule has 0 radical (unpaired) electrons. The van der Waals surface area contributed by atoms with E-state index in [0.717, 1.165) is 43.5 Å². The van der Waals surface area contributed by atoms with Crippen molar-refractivity contribution < 1.29 is 4.39 Å². The van der Waals surface area contributed by atoms with Gasteiger partial charge < -0.3 is 10.2 Å². The Morgan fingerprint density at radius 1 is 1.32 bits per heavy atom. The van der Waals surface area contributed by atoms with Crippen LogP contribution >= 0.6 is 35.7 Å². The number of nitrogens with one attached hydrogen (secondary N) is 1. The van der Waals surface area contributed by atoms with Gasteiger partial charge in [0.25, 0.3) is 0 Å². The van der Waals surface area contributed by atoms with Crippen molar-refractivity contribution in [3.8, 4) is 0 Å². The van der Waals surface area contributed by atoms with Gasteiger partial charge in [0.2, 0.25) is 0 Å². The topological polar surface area (TPSA) is 27.6 Å². The molecule has 1 aromatic rings. The second-order valence-corrected chi connectivity index (χ2v) is 6.18. The van der Waals surface area contributed by atoms with E-state index in [4.69, 9.17) is 0 Å². The average molecular weight is 437 g/mol. The summed E-state index contributed by atoms with van der Waals surface area (Å²) in [5.41, 5.74) is 0.776. The minimum atomic E-state index is -0.112. The Labute approximate surface area is 154 Å². The van der Waals surface area contributed by atoms with Gasteiger partial charge in [-0.15, -0.1) is 24.0 Å². The van der Waals surface area contributed by atoms with Crippen molar-refractivity contribution in [3.05, 3.63) is 35.6 Å². The molecule has 1 aromatic carbocycles. The van der Waals surface area contributed by atoms with Crippen molar-refractivity contribution in [2.24, 2.45) is 4.99 Å². The minimum absolute atomic E-state index is 0. The zero-order chi connectivity index (χ0) is 14.9. The zero-order valence-electron chi connectivity index (χ0n) is 13.1. The summed E-state index contributed by atoms with van der Waals surface area (Å²) in [4.78, 5) is 6.99. The lowest BCUT2D eigenvalue weighted by Gasteiger charge is -2.20.